The standard InChI is InChI=1S/C21H28N2O7/c1-11(2)22-12(3)16(19(24)25)17(14-8-7-9-15(10-14)23(28)29)18(20(26)27)21(22,5)13(4)30-6/h7-11,13,17-18H,1-6H3,(H,24,25)(H,26,27). The van der Waals surface area contributed by atoms with Crippen LogP contribution in [0.3, 0.4) is 0 Å². The van der Waals surface area contributed by atoms with Gasteiger partial charge in [-0.15, -0.1) is 0 Å². The highest BCUT2D eigenvalue weighted by Crippen LogP contribution is 2.51. The monoisotopic (exact) mass is 420 g/mol. The van der Waals surface area contributed by atoms with Crippen molar-refractivity contribution >= 4 is 17.6 Å². The number of carboxylic acid groups (broad SMARTS) is 2. The van der Waals surface area contributed by atoms with Crippen LogP contribution in [0.1, 0.15) is 46.1 Å². The van der Waals surface area contributed by atoms with Crippen LogP contribution in [0.2, 0.25) is 0 Å². The first-order valence-electron chi connectivity index (χ1n) is 9.62. The van der Waals surface area contributed by atoms with Gasteiger partial charge in [-0.3, -0.25) is 14.9 Å². The number of hydrogen-bond acceptors (Lipinski definition) is 6. The molecule has 0 saturated heterocycles. The van der Waals surface area contributed by atoms with E-state index >= 15 is 0 Å². The third kappa shape index (κ3) is 3.65. The van der Waals surface area contributed by atoms with E-state index < -0.39 is 40.3 Å². The summed E-state index contributed by atoms with van der Waals surface area (Å²) in [7, 11) is 1.47. The Balaban J connectivity index is 2.95. The highest BCUT2D eigenvalue weighted by molar-refractivity contribution is 5.92. The van der Waals surface area contributed by atoms with Crippen molar-refractivity contribution in [2.45, 2.75) is 58.2 Å². The number of nitro benzene ring substituents is 1. The summed E-state index contributed by atoms with van der Waals surface area (Å²) in [5.74, 6) is -4.79. The Morgan fingerprint density at radius 2 is 1.87 bits per heavy atom. The second kappa shape index (κ2) is 8.43. The number of ether oxygens (including phenoxy) is 1. The number of nitro groups is 1. The predicted molar refractivity (Wildman–Crippen MR) is 109 cm³/mol. The third-order valence-corrected chi connectivity index (χ3v) is 6.17. The molecule has 1 aromatic carbocycles. The predicted octanol–water partition coefficient (Wildman–Crippen LogP) is 3.26. The molecular formula is C21H28N2O7. The van der Waals surface area contributed by atoms with Crippen molar-refractivity contribution in [2.24, 2.45) is 5.92 Å². The maximum Gasteiger partial charge on any atom is 0.333 e. The molecule has 1 aliphatic rings. The van der Waals surface area contributed by atoms with Crippen molar-refractivity contribution in [3.8, 4) is 0 Å². The first-order chi connectivity index (χ1) is 13.9. The Hall–Kier alpha value is -2.94. The van der Waals surface area contributed by atoms with E-state index in [0.717, 1.165) is 0 Å². The van der Waals surface area contributed by atoms with Crippen molar-refractivity contribution in [3.05, 3.63) is 51.2 Å². The molecule has 0 amide bonds. The van der Waals surface area contributed by atoms with E-state index in [1.165, 1.54) is 31.4 Å². The molecule has 0 aromatic heterocycles. The van der Waals surface area contributed by atoms with Crippen LogP contribution in [-0.2, 0) is 14.3 Å². The zero-order valence-electron chi connectivity index (χ0n) is 17.9. The Kier molecular flexibility index (Phi) is 6.56. The summed E-state index contributed by atoms with van der Waals surface area (Å²) in [5, 5.41) is 31.6. The van der Waals surface area contributed by atoms with Gasteiger partial charge in [-0.2, -0.15) is 0 Å². The smallest absolute Gasteiger partial charge is 0.333 e. The molecule has 0 spiro atoms. The molecule has 0 saturated carbocycles. The maximum atomic E-state index is 12.6. The summed E-state index contributed by atoms with van der Waals surface area (Å²) >= 11 is 0. The first kappa shape index (κ1) is 23.3. The van der Waals surface area contributed by atoms with Crippen molar-refractivity contribution in [1.82, 2.24) is 4.90 Å². The summed E-state index contributed by atoms with van der Waals surface area (Å²) in [5.41, 5.74) is -0.749. The van der Waals surface area contributed by atoms with Gasteiger partial charge in [-0.05, 0) is 40.2 Å². The fourth-order valence-electron chi connectivity index (χ4n) is 4.87. The second-order valence-electron chi connectivity index (χ2n) is 8.02. The van der Waals surface area contributed by atoms with Gasteiger partial charge in [0, 0.05) is 36.9 Å². The first-order valence-corrected chi connectivity index (χ1v) is 9.62. The zero-order chi connectivity index (χ0) is 23.0. The lowest BCUT2D eigenvalue weighted by Crippen LogP contribution is -2.66. The minimum Gasteiger partial charge on any atom is -0.481 e. The average molecular weight is 420 g/mol. The van der Waals surface area contributed by atoms with Gasteiger partial charge in [0.25, 0.3) is 5.69 Å². The number of nitrogens with zero attached hydrogens (tertiary/aromatic N) is 2. The van der Waals surface area contributed by atoms with Gasteiger partial charge < -0.3 is 19.8 Å². The van der Waals surface area contributed by atoms with E-state index in [-0.39, 0.29) is 22.9 Å². The van der Waals surface area contributed by atoms with Gasteiger partial charge in [0.1, 0.15) is 0 Å². The van der Waals surface area contributed by atoms with Gasteiger partial charge in [0.2, 0.25) is 0 Å². The Bertz CT molecular complexity index is 895. The van der Waals surface area contributed by atoms with Gasteiger partial charge in [-0.1, -0.05) is 12.1 Å². The molecule has 30 heavy (non-hydrogen) atoms. The van der Waals surface area contributed by atoms with E-state index in [9.17, 15) is 29.9 Å². The number of carbonyl (C=O) groups is 2. The molecule has 1 heterocycles. The number of aliphatic carboxylic acids is 2. The summed E-state index contributed by atoms with van der Waals surface area (Å²) in [6.07, 6.45) is -0.576. The molecule has 1 aliphatic heterocycles. The summed E-state index contributed by atoms with van der Waals surface area (Å²) < 4.78 is 5.56. The molecule has 2 rings (SSSR count). The van der Waals surface area contributed by atoms with Gasteiger partial charge >= 0.3 is 11.9 Å². The van der Waals surface area contributed by atoms with Crippen LogP contribution in [0.25, 0.3) is 0 Å². The molecule has 2 N–H and O–H groups in total. The quantitative estimate of drug-likeness (QED) is 0.508. The number of hydrogen-bond donors (Lipinski definition) is 2. The van der Waals surface area contributed by atoms with E-state index in [4.69, 9.17) is 4.74 Å². The molecule has 0 bridgehead atoms. The molecule has 1 aromatic rings. The van der Waals surface area contributed by atoms with Crippen LogP contribution < -0.4 is 0 Å². The van der Waals surface area contributed by atoms with E-state index in [0.29, 0.717) is 5.70 Å². The van der Waals surface area contributed by atoms with Crippen molar-refractivity contribution in [2.75, 3.05) is 7.11 Å². The highest BCUT2D eigenvalue weighted by atomic mass is 16.6. The number of allylic oxidation sites excluding steroid dienone is 1. The molecular weight excluding hydrogens is 392 g/mol. The lowest BCUT2D eigenvalue weighted by molar-refractivity contribution is -0.384. The number of non-ortho nitro benzene ring substituents is 1. The summed E-state index contributed by atoms with van der Waals surface area (Å²) in [4.78, 5) is 37.4. The molecule has 4 unspecified atom stereocenters. The number of rotatable bonds is 7. The molecule has 9 nitrogen and oxygen atoms in total. The molecule has 0 fully saturated rings. The lowest BCUT2D eigenvalue weighted by atomic mass is 9.64. The summed E-state index contributed by atoms with van der Waals surface area (Å²) in [6.45, 7) is 8.85. The third-order valence-electron chi connectivity index (χ3n) is 6.17. The van der Waals surface area contributed by atoms with Crippen molar-refractivity contribution in [1.29, 1.82) is 0 Å². The normalized spacial score (nSPS) is 25.4. The zero-order valence-corrected chi connectivity index (χ0v) is 17.9. The largest absolute Gasteiger partial charge is 0.481 e. The number of benzene rings is 1. The fourth-order valence-corrected chi connectivity index (χ4v) is 4.87. The van der Waals surface area contributed by atoms with Crippen LogP contribution in [0.5, 0.6) is 0 Å². The Morgan fingerprint density at radius 3 is 2.30 bits per heavy atom. The van der Waals surface area contributed by atoms with Crippen molar-refractivity contribution < 1.29 is 29.5 Å². The maximum absolute atomic E-state index is 12.6. The minimum absolute atomic E-state index is 0.0858. The fraction of sp³-hybridized carbons (Fsp3) is 0.524. The molecule has 9 heteroatoms. The van der Waals surface area contributed by atoms with Crippen LogP contribution >= 0.6 is 0 Å². The molecule has 0 radical (unpaired) electrons. The topological polar surface area (TPSA) is 130 Å². The van der Waals surface area contributed by atoms with Gasteiger partial charge in [0.05, 0.1) is 28.1 Å². The minimum atomic E-state index is -1.26. The summed E-state index contributed by atoms with van der Waals surface area (Å²) in [6, 6.07) is 5.30. The lowest BCUT2D eigenvalue weighted by Gasteiger charge is -2.57. The molecule has 4 atom stereocenters. The Morgan fingerprint density at radius 1 is 1.27 bits per heavy atom. The van der Waals surface area contributed by atoms with E-state index in [1.54, 1.807) is 25.7 Å². The van der Waals surface area contributed by atoms with Gasteiger partial charge in [0.15, 0.2) is 0 Å². The second-order valence-corrected chi connectivity index (χ2v) is 8.02. The van der Waals surface area contributed by atoms with Crippen LogP contribution in [-0.4, -0.2) is 56.8 Å². The van der Waals surface area contributed by atoms with E-state index in [2.05, 4.69) is 0 Å². The van der Waals surface area contributed by atoms with Crippen LogP contribution in [0.4, 0.5) is 5.69 Å². The number of methoxy groups -OCH3 is 1. The van der Waals surface area contributed by atoms with Gasteiger partial charge in [-0.25, -0.2) is 4.79 Å². The SMILES string of the molecule is COC(C)C1(C)C(C(=O)O)C(c2cccc([N+](=O)[O-])c2)C(C(=O)O)=C(C)N1C(C)C. The molecule has 0 aliphatic carbocycles. The number of carboxylic acids is 2. The van der Waals surface area contributed by atoms with Crippen LogP contribution in [0, 0.1) is 16.0 Å². The average Bonchev–Trinajstić information content (AvgIpc) is 2.65. The van der Waals surface area contributed by atoms with Crippen molar-refractivity contribution in [3.63, 3.8) is 0 Å². The highest BCUT2D eigenvalue weighted by Gasteiger charge is 2.58. The van der Waals surface area contributed by atoms with E-state index in [1.807, 2.05) is 13.8 Å². The van der Waals surface area contributed by atoms with Crippen LogP contribution in [0.15, 0.2) is 35.5 Å². The molecule has 164 valence electrons. The Labute approximate surface area is 175 Å².